The maximum Gasteiger partial charge on any atom is 0.204 e. The van der Waals surface area contributed by atoms with Gasteiger partial charge in [-0.25, -0.2) is 0 Å². The standard InChI is InChI=1S/C31H61NO2Si/c1-22(2)27-14-12-24(5)19-29(27)35(31(7,8)9,30-20-25(6)13-15-28(30)23(3)4)34-18-17-32-16-10-11-26(32)21-33/h22-30,33H,10-21H2,1-9H3/t24?,25?,26-,27?,28?,29?,30?,35?/m0/s1. The molecule has 4 heteroatoms. The second-order valence-corrected chi connectivity index (χ2v) is 19.6. The Hall–Kier alpha value is 0.0969. The van der Waals surface area contributed by atoms with Crippen molar-refractivity contribution < 1.29 is 9.53 Å². The molecule has 2 aliphatic carbocycles. The van der Waals surface area contributed by atoms with E-state index in [0.29, 0.717) is 12.6 Å². The van der Waals surface area contributed by atoms with Gasteiger partial charge in [0.25, 0.3) is 0 Å². The third kappa shape index (κ3) is 6.40. The number of hydrogen-bond acceptors (Lipinski definition) is 3. The lowest BCUT2D eigenvalue weighted by Crippen LogP contribution is -2.61. The smallest absolute Gasteiger partial charge is 0.204 e. The second kappa shape index (κ2) is 12.3. The van der Waals surface area contributed by atoms with Crippen molar-refractivity contribution in [2.45, 2.75) is 136 Å². The maximum absolute atomic E-state index is 9.91. The molecule has 3 aliphatic rings. The Balaban J connectivity index is 2.04. The van der Waals surface area contributed by atoms with E-state index in [-0.39, 0.29) is 5.04 Å². The largest absolute Gasteiger partial charge is 0.414 e. The van der Waals surface area contributed by atoms with E-state index < -0.39 is 8.32 Å². The van der Waals surface area contributed by atoms with Crippen molar-refractivity contribution in [3.63, 3.8) is 0 Å². The maximum atomic E-state index is 9.91. The lowest BCUT2D eigenvalue weighted by Gasteiger charge is -2.60. The summed E-state index contributed by atoms with van der Waals surface area (Å²) in [5.74, 6) is 4.73. The SMILES string of the molecule is CC1CCC(C(C)C)C([Si](OCCN2CCC[C@H]2CO)(C2CC(C)CCC2C(C)C)C(C)(C)C)C1. The second-order valence-electron chi connectivity index (χ2n) is 14.8. The van der Waals surface area contributed by atoms with Crippen LogP contribution in [0.15, 0.2) is 0 Å². The van der Waals surface area contributed by atoms with E-state index >= 15 is 0 Å². The zero-order chi connectivity index (χ0) is 26.0. The van der Waals surface area contributed by atoms with E-state index in [1.807, 2.05) is 0 Å². The molecule has 1 N–H and O–H groups in total. The van der Waals surface area contributed by atoms with E-state index in [1.165, 1.54) is 44.9 Å². The van der Waals surface area contributed by atoms with Crippen molar-refractivity contribution in [3.05, 3.63) is 0 Å². The van der Waals surface area contributed by atoms with Crippen molar-refractivity contribution in [3.8, 4) is 0 Å². The highest BCUT2D eigenvalue weighted by molar-refractivity contribution is 6.79. The van der Waals surface area contributed by atoms with Crippen LogP contribution in [-0.2, 0) is 4.43 Å². The van der Waals surface area contributed by atoms with E-state index in [1.54, 1.807) is 0 Å². The predicted octanol–water partition coefficient (Wildman–Crippen LogP) is 8.13. The van der Waals surface area contributed by atoms with Crippen LogP contribution in [0.5, 0.6) is 0 Å². The fraction of sp³-hybridized carbons (Fsp3) is 1.00. The molecule has 0 bridgehead atoms. The van der Waals surface area contributed by atoms with Crippen molar-refractivity contribution in [1.82, 2.24) is 4.90 Å². The number of aliphatic hydroxyl groups excluding tert-OH is 1. The Morgan fingerprint density at radius 2 is 1.37 bits per heavy atom. The molecular formula is C31H61NO2Si. The van der Waals surface area contributed by atoms with Crippen LogP contribution in [-0.4, -0.2) is 50.7 Å². The van der Waals surface area contributed by atoms with Gasteiger partial charge in [0.2, 0.25) is 8.32 Å². The van der Waals surface area contributed by atoms with Crippen LogP contribution >= 0.6 is 0 Å². The van der Waals surface area contributed by atoms with Gasteiger partial charge in [-0.15, -0.1) is 0 Å². The summed E-state index contributed by atoms with van der Waals surface area (Å²) < 4.78 is 7.70. The summed E-state index contributed by atoms with van der Waals surface area (Å²) in [6, 6.07) is 0.348. The van der Waals surface area contributed by atoms with Gasteiger partial charge in [-0.3, -0.25) is 4.90 Å². The first-order valence-electron chi connectivity index (χ1n) is 15.4. The topological polar surface area (TPSA) is 32.7 Å². The summed E-state index contributed by atoms with van der Waals surface area (Å²) in [7, 11) is -2.22. The van der Waals surface area contributed by atoms with Crippen LogP contribution in [0.25, 0.3) is 0 Å². The molecule has 0 aromatic rings. The summed E-state index contributed by atoms with van der Waals surface area (Å²) in [5.41, 5.74) is 1.52. The molecule has 0 spiro atoms. The molecular weight excluding hydrogens is 446 g/mol. The number of rotatable bonds is 9. The summed E-state index contributed by atoms with van der Waals surface area (Å²) in [4.78, 5) is 2.52. The van der Waals surface area contributed by atoms with Crippen LogP contribution in [0.1, 0.15) is 114 Å². The van der Waals surface area contributed by atoms with Crippen LogP contribution in [0.2, 0.25) is 16.1 Å². The number of hydrogen-bond donors (Lipinski definition) is 1. The third-order valence-corrected chi connectivity index (χ3v) is 17.3. The summed E-state index contributed by atoms with van der Waals surface area (Å²) in [6.07, 6.45) is 10.7. The summed E-state index contributed by atoms with van der Waals surface area (Å²) in [6.45, 7) is 26.0. The first-order chi connectivity index (χ1) is 16.4. The average Bonchev–Trinajstić information content (AvgIpc) is 3.23. The molecule has 2 saturated carbocycles. The van der Waals surface area contributed by atoms with E-state index in [9.17, 15) is 5.11 Å². The molecule has 0 aromatic heterocycles. The monoisotopic (exact) mass is 507 g/mol. The van der Waals surface area contributed by atoms with Crippen molar-refractivity contribution in [2.75, 3.05) is 26.3 Å². The van der Waals surface area contributed by atoms with Crippen LogP contribution in [0, 0.1) is 35.5 Å². The van der Waals surface area contributed by atoms with Gasteiger partial charge < -0.3 is 9.53 Å². The molecule has 1 heterocycles. The average molecular weight is 508 g/mol. The Morgan fingerprint density at radius 1 is 0.857 bits per heavy atom. The van der Waals surface area contributed by atoms with Gasteiger partial charge in [-0.2, -0.15) is 0 Å². The molecule has 35 heavy (non-hydrogen) atoms. The molecule has 3 nitrogen and oxygen atoms in total. The fourth-order valence-electron chi connectivity index (χ4n) is 8.94. The predicted molar refractivity (Wildman–Crippen MR) is 153 cm³/mol. The van der Waals surface area contributed by atoms with Gasteiger partial charge in [0, 0.05) is 19.2 Å². The molecule has 0 radical (unpaired) electrons. The van der Waals surface area contributed by atoms with Gasteiger partial charge in [0.05, 0.1) is 6.61 Å². The molecule has 3 rings (SSSR count). The quantitative estimate of drug-likeness (QED) is 0.320. The molecule has 3 fully saturated rings. The molecule has 0 aromatic carbocycles. The minimum Gasteiger partial charge on any atom is -0.414 e. The molecule has 206 valence electrons. The minimum atomic E-state index is -2.22. The van der Waals surface area contributed by atoms with Crippen molar-refractivity contribution in [2.24, 2.45) is 35.5 Å². The van der Waals surface area contributed by atoms with Gasteiger partial charge in [-0.1, -0.05) is 75.2 Å². The van der Waals surface area contributed by atoms with Gasteiger partial charge in [-0.05, 0) is 96.7 Å². The highest BCUT2D eigenvalue weighted by Crippen LogP contribution is 2.64. The lowest BCUT2D eigenvalue weighted by molar-refractivity contribution is 0.113. The van der Waals surface area contributed by atoms with E-state index in [4.69, 9.17) is 4.43 Å². The Bertz CT molecular complexity index is 612. The Morgan fingerprint density at radius 3 is 1.80 bits per heavy atom. The third-order valence-electron chi connectivity index (χ3n) is 10.7. The molecule has 1 saturated heterocycles. The normalized spacial score (nSPS) is 37.2. The molecule has 6 unspecified atom stereocenters. The van der Waals surface area contributed by atoms with Crippen LogP contribution < -0.4 is 0 Å². The molecule has 0 amide bonds. The van der Waals surface area contributed by atoms with E-state index in [0.717, 1.165) is 72.7 Å². The van der Waals surface area contributed by atoms with E-state index in [2.05, 4.69) is 67.2 Å². The first-order valence-corrected chi connectivity index (χ1v) is 17.5. The minimum absolute atomic E-state index is 0.220. The molecule has 7 atom stereocenters. The molecule has 1 aliphatic heterocycles. The Kier molecular flexibility index (Phi) is 10.4. The fourth-order valence-corrected chi connectivity index (χ4v) is 16.9. The van der Waals surface area contributed by atoms with Gasteiger partial charge in [0.1, 0.15) is 0 Å². The Labute approximate surface area is 220 Å². The first kappa shape index (κ1) is 29.6. The van der Waals surface area contributed by atoms with Crippen molar-refractivity contribution in [1.29, 1.82) is 0 Å². The van der Waals surface area contributed by atoms with Gasteiger partial charge >= 0.3 is 0 Å². The lowest BCUT2D eigenvalue weighted by atomic mass is 9.76. The summed E-state index contributed by atoms with van der Waals surface area (Å²) in [5, 5.41) is 10.1. The number of aliphatic hydroxyl groups is 1. The zero-order valence-electron chi connectivity index (χ0n) is 25.0. The highest BCUT2D eigenvalue weighted by Gasteiger charge is 2.62. The summed E-state index contributed by atoms with van der Waals surface area (Å²) >= 11 is 0. The van der Waals surface area contributed by atoms with Crippen LogP contribution in [0.4, 0.5) is 0 Å². The number of nitrogens with zero attached hydrogens (tertiary/aromatic N) is 1. The van der Waals surface area contributed by atoms with Crippen LogP contribution in [0.3, 0.4) is 0 Å². The highest BCUT2D eigenvalue weighted by atomic mass is 28.4. The number of likely N-dealkylation sites (tertiary alicyclic amines) is 1. The van der Waals surface area contributed by atoms with Gasteiger partial charge in [0.15, 0.2) is 0 Å². The van der Waals surface area contributed by atoms with Crippen molar-refractivity contribution >= 4 is 8.32 Å². The zero-order valence-corrected chi connectivity index (χ0v) is 26.0.